The molecule has 0 aromatic rings. The highest BCUT2D eigenvalue weighted by Crippen LogP contribution is 2.15. The van der Waals surface area contributed by atoms with Crippen molar-refractivity contribution in [1.82, 2.24) is 5.32 Å². The van der Waals surface area contributed by atoms with E-state index in [1.54, 1.807) is 0 Å². The van der Waals surface area contributed by atoms with E-state index < -0.39 is 18.2 Å². The second-order valence-electron chi connectivity index (χ2n) is 11.0. The molecule has 5 heteroatoms. The van der Waals surface area contributed by atoms with Crippen LogP contribution in [0.3, 0.4) is 0 Å². The van der Waals surface area contributed by atoms with E-state index in [-0.39, 0.29) is 12.5 Å². The molecule has 0 rings (SSSR count). The van der Waals surface area contributed by atoms with E-state index in [9.17, 15) is 20.1 Å². The molecule has 36 heavy (non-hydrogen) atoms. The third kappa shape index (κ3) is 22.5. The Morgan fingerprint density at radius 3 is 1.33 bits per heavy atom. The van der Waals surface area contributed by atoms with Gasteiger partial charge in [0.25, 0.3) is 0 Å². The van der Waals surface area contributed by atoms with Crippen LogP contribution in [-0.2, 0) is 4.79 Å². The quantitative estimate of drug-likeness (QED) is 0.0811. The number of unbranched alkanes of at least 4 members (excludes halogenated alkanes) is 20. The van der Waals surface area contributed by atoms with Crippen LogP contribution in [0.15, 0.2) is 0 Å². The molecule has 3 unspecified atom stereocenters. The van der Waals surface area contributed by atoms with Crippen LogP contribution in [0.25, 0.3) is 0 Å². The summed E-state index contributed by atoms with van der Waals surface area (Å²) in [6.45, 7) is 4.13. The van der Waals surface area contributed by atoms with Crippen molar-refractivity contribution in [3.8, 4) is 0 Å². The van der Waals surface area contributed by atoms with Crippen LogP contribution < -0.4 is 5.32 Å². The molecule has 0 radical (unpaired) electrons. The number of amides is 1. The standard InChI is InChI=1S/C31H63NO4/c1-3-5-7-9-11-13-14-15-16-18-20-22-24-26-30(35)32-28(27-33)31(36)29(34)25-23-21-19-17-12-10-8-6-4-2/h28-29,31,33-34,36H,3-27H2,1-2H3,(H,32,35). The Kier molecular flexibility index (Phi) is 26.9. The first-order valence-corrected chi connectivity index (χ1v) is 15.8. The molecule has 0 aliphatic carbocycles. The van der Waals surface area contributed by atoms with Gasteiger partial charge in [0.05, 0.1) is 18.8 Å². The first-order chi connectivity index (χ1) is 17.6. The molecule has 3 atom stereocenters. The van der Waals surface area contributed by atoms with Gasteiger partial charge in [-0.15, -0.1) is 0 Å². The molecule has 0 aliphatic heterocycles. The third-order valence-electron chi connectivity index (χ3n) is 7.46. The largest absolute Gasteiger partial charge is 0.394 e. The van der Waals surface area contributed by atoms with Gasteiger partial charge in [-0.3, -0.25) is 4.79 Å². The van der Waals surface area contributed by atoms with Gasteiger partial charge in [0, 0.05) is 6.42 Å². The highest BCUT2D eigenvalue weighted by molar-refractivity contribution is 5.76. The van der Waals surface area contributed by atoms with Crippen molar-refractivity contribution < 1.29 is 20.1 Å². The number of aliphatic hydroxyl groups is 3. The lowest BCUT2D eigenvalue weighted by Crippen LogP contribution is -2.50. The van der Waals surface area contributed by atoms with Gasteiger partial charge in [0.1, 0.15) is 6.10 Å². The summed E-state index contributed by atoms with van der Waals surface area (Å²) >= 11 is 0. The minimum absolute atomic E-state index is 0.147. The zero-order valence-corrected chi connectivity index (χ0v) is 24.2. The molecular formula is C31H63NO4. The third-order valence-corrected chi connectivity index (χ3v) is 7.46. The molecule has 5 nitrogen and oxygen atoms in total. The first-order valence-electron chi connectivity index (χ1n) is 15.8. The van der Waals surface area contributed by atoms with Crippen molar-refractivity contribution >= 4 is 5.91 Å². The fraction of sp³-hybridized carbons (Fsp3) is 0.968. The Balaban J connectivity index is 3.72. The Bertz CT molecular complexity index is 460. The number of carbonyl (C=O) groups excluding carboxylic acids is 1. The van der Waals surface area contributed by atoms with E-state index in [1.165, 1.54) is 103 Å². The van der Waals surface area contributed by atoms with Crippen molar-refractivity contribution in [2.75, 3.05) is 6.61 Å². The normalized spacial score (nSPS) is 14.0. The van der Waals surface area contributed by atoms with Gasteiger partial charge in [-0.1, -0.05) is 149 Å². The van der Waals surface area contributed by atoms with E-state index in [0.717, 1.165) is 38.5 Å². The fourth-order valence-electron chi connectivity index (χ4n) is 4.92. The molecule has 0 heterocycles. The lowest BCUT2D eigenvalue weighted by Gasteiger charge is -2.26. The van der Waals surface area contributed by atoms with Crippen molar-refractivity contribution in [2.45, 2.75) is 186 Å². The predicted octanol–water partition coefficient (Wildman–Crippen LogP) is 7.59. The Labute approximate surface area is 224 Å². The van der Waals surface area contributed by atoms with Gasteiger partial charge in [-0.25, -0.2) is 0 Å². The molecule has 0 aliphatic rings. The van der Waals surface area contributed by atoms with Gasteiger partial charge in [-0.2, -0.15) is 0 Å². The number of nitrogens with one attached hydrogen (secondary N) is 1. The second-order valence-corrected chi connectivity index (χ2v) is 11.0. The highest BCUT2D eigenvalue weighted by atomic mass is 16.3. The maximum atomic E-state index is 12.3. The fourth-order valence-corrected chi connectivity index (χ4v) is 4.92. The zero-order chi connectivity index (χ0) is 26.7. The van der Waals surface area contributed by atoms with Crippen LogP contribution in [0.2, 0.25) is 0 Å². The van der Waals surface area contributed by atoms with E-state index in [1.807, 2.05) is 0 Å². The summed E-state index contributed by atoms with van der Waals surface area (Å²) in [7, 11) is 0. The Hall–Kier alpha value is -0.650. The van der Waals surface area contributed by atoms with Crippen molar-refractivity contribution in [2.24, 2.45) is 0 Å². The SMILES string of the molecule is CCCCCCCCCCCCCCCC(=O)NC(CO)C(O)C(O)CCCCCCCCCCC. The molecule has 0 fully saturated rings. The van der Waals surface area contributed by atoms with Crippen LogP contribution >= 0.6 is 0 Å². The summed E-state index contributed by atoms with van der Waals surface area (Å²) in [6.07, 6.45) is 26.2. The minimum Gasteiger partial charge on any atom is -0.394 e. The molecule has 216 valence electrons. The molecule has 0 aromatic heterocycles. The number of hydrogen-bond donors (Lipinski definition) is 4. The predicted molar refractivity (Wildman–Crippen MR) is 153 cm³/mol. The summed E-state index contributed by atoms with van der Waals surface area (Å²) < 4.78 is 0. The van der Waals surface area contributed by atoms with E-state index in [0.29, 0.717) is 12.8 Å². The van der Waals surface area contributed by atoms with Crippen LogP contribution in [0.5, 0.6) is 0 Å². The van der Waals surface area contributed by atoms with Crippen LogP contribution in [0.4, 0.5) is 0 Å². The van der Waals surface area contributed by atoms with Gasteiger partial charge in [0.15, 0.2) is 0 Å². The first kappa shape index (κ1) is 35.4. The van der Waals surface area contributed by atoms with Crippen LogP contribution in [0.1, 0.15) is 168 Å². The Morgan fingerprint density at radius 1 is 0.583 bits per heavy atom. The number of aliphatic hydroxyl groups excluding tert-OH is 3. The number of carbonyl (C=O) groups is 1. The topological polar surface area (TPSA) is 89.8 Å². The summed E-state index contributed by atoms with van der Waals surface area (Å²) in [5.41, 5.74) is 0. The van der Waals surface area contributed by atoms with Crippen molar-refractivity contribution in [1.29, 1.82) is 0 Å². The van der Waals surface area contributed by atoms with Crippen molar-refractivity contribution in [3.05, 3.63) is 0 Å². The van der Waals surface area contributed by atoms with Gasteiger partial charge in [0.2, 0.25) is 5.91 Å². The molecule has 0 saturated carbocycles. The zero-order valence-electron chi connectivity index (χ0n) is 24.2. The van der Waals surface area contributed by atoms with E-state index in [2.05, 4.69) is 19.2 Å². The lowest BCUT2D eigenvalue weighted by atomic mass is 9.99. The molecular weight excluding hydrogens is 450 g/mol. The maximum absolute atomic E-state index is 12.3. The van der Waals surface area contributed by atoms with Crippen LogP contribution in [0, 0.1) is 0 Å². The number of hydrogen-bond acceptors (Lipinski definition) is 4. The van der Waals surface area contributed by atoms with Crippen LogP contribution in [-0.4, -0.2) is 46.1 Å². The monoisotopic (exact) mass is 513 g/mol. The Morgan fingerprint density at radius 2 is 0.944 bits per heavy atom. The molecule has 1 amide bonds. The number of rotatable bonds is 28. The maximum Gasteiger partial charge on any atom is 0.220 e. The molecule has 0 saturated heterocycles. The van der Waals surface area contributed by atoms with E-state index in [4.69, 9.17) is 0 Å². The summed E-state index contributed by atoms with van der Waals surface area (Å²) in [5, 5.41) is 33.1. The summed E-state index contributed by atoms with van der Waals surface area (Å²) in [6, 6.07) is -0.798. The second kappa shape index (κ2) is 27.4. The average molecular weight is 514 g/mol. The van der Waals surface area contributed by atoms with Gasteiger partial charge in [-0.05, 0) is 12.8 Å². The van der Waals surface area contributed by atoms with Gasteiger partial charge >= 0.3 is 0 Å². The molecule has 0 aromatic carbocycles. The summed E-state index contributed by atoms with van der Waals surface area (Å²) in [4.78, 5) is 12.3. The molecule has 0 bridgehead atoms. The van der Waals surface area contributed by atoms with Gasteiger partial charge < -0.3 is 20.6 Å². The average Bonchev–Trinajstić information content (AvgIpc) is 2.88. The molecule has 0 spiro atoms. The lowest BCUT2D eigenvalue weighted by molar-refractivity contribution is -0.124. The highest BCUT2D eigenvalue weighted by Gasteiger charge is 2.26. The van der Waals surface area contributed by atoms with Crippen molar-refractivity contribution in [3.63, 3.8) is 0 Å². The smallest absolute Gasteiger partial charge is 0.220 e. The minimum atomic E-state index is -1.13. The summed E-state index contributed by atoms with van der Waals surface area (Å²) in [5.74, 6) is -0.147. The van der Waals surface area contributed by atoms with E-state index >= 15 is 0 Å². The molecule has 4 N–H and O–H groups in total.